The number of anilines is 1. The Labute approximate surface area is 183 Å². The molecule has 0 saturated heterocycles. The molecule has 0 aliphatic carbocycles. The molecule has 2 aromatic rings. The van der Waals surface area contributed by atoms with Gasteiger partial charge in [-0.05, 0) is 29.8 Å². The van der Waals surface area contributed by atoms with Crippen molar-refractivity contribution in [1.29, 1.82) is 0 Å². The molecule has 0 fully saturated rings. The van der Waals surface area contributed by atoms with Crippen molar-refractivity contribution in [3.05, 3.63) is 60.2 Å². The average Bonchev–Trinajstić information content (AvgIpc) is 2.70. The van der Waals surface area contributed by atoms with Gasteiger partial charge in [0, 0.05) is 26.3 Å². The molecule has 2 aromatic carbocycles. The highest BCUT2D eigenvalue weighted by molar-refractivity contribution is 14.0. The lowest BCUT2D eigenvalue weighted by atomic mass is 10.2. The van der Waals surface area contributed by atoms with Crippen LogP contribution in [0.1, 0.15) is 5.56 Å². The Morgan fingerprint density at radius 3 is 2.39 bits per heavy atom. The number of hydrogen-bond acceptors (Lipinski definition) is 4. The number of benzene rings is 2. The molecule has 0 bridgehead atoms. The Hall–Kier alpha value is -2.49. The van der Waals surface area contributed by atoms with Crippen molar-refractivity contribution in [1.82, 2.24) is 10.2 Å². The molecule has 0 heterocycles. The van der Waals surface area contributed by atoms with Crippen LogP contribution >= 0.6 is 24.0 Å². The summed E-state index contributed by atoms with van der Waals surface area (Å²) in [6.45, 7) is 1.89. The molecule has 0 aliphatic rings. The SMILES string of the molecule is CN=C(NCc1ccc(NC(=O)OC)cc1)N(C)CCOc1ccccc1.I. The second-order valence-electron chi connectivity index (χ2n) is 5.80. The maximum Gasteiger partial charge on any atom is 0.411 e. The van der Waals surface area contributed by atoms with Gasteiger partial charge in [0.2, 0.25) is 0 Å². The number of halogens is 1. The monoisotopic (exact) mass is 498 g/mol. The third-order valence-electron chi connectivity index (χ3n) is 3.85. The summed E-state index contributed by atoms with van der Waals surface area (Å²) in [6.07, 6.45) is -0.486. The van der Waals surface area contributed by atoms with Crippen molar-refractivity contribution in [3.63, 3.8) is 0 Å². The smallest absolute Gasteiger partial charge is 0.411 e. The van der Waals surface area contributed by atoms with E-state index in [9.17, 15) is 4.79 Å². The number of nitrogens with zero attached hydrogens (tertiary/aromatic N) is 2. The van der Waals surface area contributed by atoms with Crippen LogP contribution in [0.2, 0.25) is 0 Å². The average molecular weight is 498 g/mol. The third kappa shape index (κ3) is 8.03. The third-order valence-corrected chi connectivity index (χ3v) is 3.85. The molecule has 0 radical (unpaired) electrons. The molecule has 28 heavy (non-hydrogen) atoms. The quantitative estimate of drug-likeness (QED) is 0.347. The molecule has 152 valence electrons. The minimum absolute atomic E-state index is 0. The molecule has 2 rings (SSSR count). The Kier molecular flexibility index (Phi) is 10.8. The number of ether oxygens (including phenoxy) is 2. The lowest BCUT2D eigenvalue weighted by Crippen LogP contribution is -2.40. The van der Waals surface area contributed by atoms with Gasteiger partial charge in [-0.15, -0.1) is 24.0 Å². The zero-order chi connectivity index (χ0) is 19.5. The van der Waals surface area contributed by atoms with Gasteiger partial charge in [-0.1, -0.05) is 30.3 Å². The Morgan fingerprint density at radius 2 is 1.79 bits per heavy atom. The first-order valence-corrected chi connectivity index (χ1v) is 8.66. The molecule has 0 atom stereocenters. The van der Waals surface area contributed by atoms with E-state index < -0.39 is 6.09 Å². The number of nitrogens with one attached hydrogen (secondary N) is 2. The molecule has 0 unspecified atom stereocenters. The fraction of sp³-hybridized carbons (Fsp3) is 0.300. The van der Waals surface area contributed by atoms with E-state index >= 15 is 0 Å². The highest BCUT2D eigenvalue weighted by Gasteiger charge is 2.06. The number of likely N-dealkylation sites (N-methyl/N-ethyl adjacent to an activating group) is 1. The van der Waals surface area contributed by atoms with E-state index in [-0.39, 0.29) is 24.0 Å². The lowest BCUT2D eigenvalue weighted by Gasteiger charge is -2.22. The first-order valence-electron chi connectivity index (χ1n) is 8.66. The normalized spacial score (nSPS) is 10.5. The van der Waals surface area contributed by atoms with Crippen LogP contribution in [0.3, 0.4) is 0 Å². The van der Waals surface area contributed by atoms with E-state index in [0.29, 0.717) is 25.4 Å². The minimum Gasteiger partial charge on any atom is -0.492 e. The van der Waals surface area contributed by atoms with Crippen molar-refractivity contribution >= 4 is 41.7 Å². The fourth-order valence-electron chi connectivity index (χ4n) is 2.36. The number of amides is 1. The molecule has 2 N–H and O–H groups in total. The van der Waals surface area contributed by atoms with Gasteiger partial charge in [-0.3, -0.25) is 10.3 Å². The summed E-state index contributed by atoms with van der Waals surface area (Å²) < 4.78 is 10.3. The van der Waals surface area contributed by atoms with Gasteiger partial charge in [0.05, 0.1) is 13.7 Å². The summed E-state index contributed by atoms with van der Waals surface area (Å²) in [7, 11) is 5.05. The first-order chi connectivity index (χ1) is 13.1. The number of hydrogen-bond donors (Lipinski definition) is 2. The summed E-state index contributed by atoms with van der Waals surface area (Å²) >= 11 is 0. The number of carbonyl (C=O) groups is 1. The maximum atomic E-state index is 11.2. The van der Waals surface area contributed by atoms with Gasteiger partial charge in [-0.25, -0.2) is 4.79 Å². The van der Waals surface area contributed by atoms with E-state index in [1.165, 1.54) is 7.11 Å². The first kappa shape index (κ1) is 23.5. The van der Waals surface area contributed by atoms with Gasteiger partial charge in [0.25, 0.3) is 0 Å². The van der Waals surface area contributed by atoms with Crippen LogP contribution < -0.4 is 15.4 Å². The molecular weight excluding hydrogens is 471 g/mol. The van der Waals surface area contributed by atoms with Crippen LogP contribution in [0, 0.1) is 0 Å². The van der Waals surface area contributed by atoms with Crippen LogP contribution in [0.15, 0.2) is 59.6 Å². The van der Waals surface area contributed by atoms with Crippen molar-refractivity contribution < 1.29 is 14.3 Å². The van der Waals surface area contributed by atoms with E-state index in [2.05, 4.69) is 20.4 Å². The van der Waals surface area contributed by atoms with E-state index in [1.54, 1.807) is 7.05 Å². The predicted octanol–water partition coefficient (Wildman–Crippen LogP) is 3.57. The van der Waals surface area contributed by atoms with Gasteiger partial charge in [-0.2, -0.15) is 0 Å². The van der Waals surface area contributed by atoms with E-state index in [1.807, 2.05) is 66.5 Å². The summed E-state index contributed by atoms with van der Waals surface area (Å²) in [5, 5.41) is 5.94. The number of para-hydroxylation sites is 1. The largest absolute Gasteiger partial charge is 0.492 e. The molecule has 8 heteroatoms. The highest BCUT2D eigenvalue weighted by atomic mass is 127. The van der Waals surface area contributed by atoms with Crippen LogP contribution in [0.5, 0.6) is 5.75 Å². The summed E-state index contributed by atoms with van der Waals surface area (Å²) in [6, 6.07) is 17.3. The molecule has 0 spiro atoms. The molecule has 0 saturated carbocycles. The van der Waals surface area contributed by atoms with Crippen LogP contribution in [0.4, 0.5) is 10.5 Å². The number of aliphatic imine (C=N–C) groups is 1. The standard InChI is InChI=1S/C20H26N4O3.HI/c1-21-19(24(2)13-14-27-18-7-5-4-6-8-18)22-15-16-9-11-17(12-10-16)23-20(25)26-3;/h4-12H,13-15H2,1-3H3,(H,21,22)(H,23,25);1H. The maximum absolute atomic E-state index is 11.2. The second-order valence-corrected chi connectivity index (χ2v) is 5.80. The van der Waals surface area contributed by atoms with E-state index in [4.69, 9.17) is 4.74 Å². The topological polar surface area (TPSA) is 75.2 Å². The Balaban J connectivity index is 0.00000392. The van der Waals surface area contributed by atoms with Crippen molar-refractivity contribution in [2.45, 2.75) is 6.54 Å². The van der Waals surface area contributed by atoms with Gasteiger partial charge in [0.15, 0.2) is 5.96 Å². The van der Waals surface area contributed by atoms with Crippen LogP contribution in [-0.4, -0.2) is 51.3 Å². The summed E-state index contributed by atoms with van der Waals surface area (Å²) in [5.74, 6) is 1.64. The molecule has 7 nitrogen and oxygen atoms in total. The minimum atomic E-state index is -0.486. The van der Waals surface area contributed by atoms with E-state index in [0.717, 1.165) is 17.3 Å². The summed E-state index contributed by atoms with van der Waals surface area (Å²) in [4.78, 5) is 17.5. The van der Waals surface area contributed by atoms with Crippen molar-refractivity contribution in [2.24, 2.45) is 4.99 Å². The number of carbonyl (C=O) groups excluding carboxylic acids is 1. The van der Waals surface area contributed by atoms with Gasteiger partial charge >= 0.3 is 6.09 Å². The molecule has 0 aliphatic heterocycles. The molecular formula is C20H27IN4O3. The van der Waals surface area contributed by atoms with Gasteiger partial charge in [0.1, 0.15) is 12.4 Å². The zero-order valence-corrected chi connectivity index (χ0v) is 18.7. The number of guanidine groups is 1. The van der Waals surface area contributed by atoms with Crippen molar-refractivity contribution in [2.75, 3.05) is 39.7 Å². The fourth-order valence-corrected chi connectivity index (χ4v) is 2.36. The van der Waals surface area contributed by atoms with Crippen LogP contribution in [-0.2, 0) is 11.3 Å². The highest BCUT2D eigenvalue weighted by Crippen LogP contribution is 2.10. The summed E-state index contributed by atoms with van der Waals surface area (Å²) in [5.41, 5.74) is 1.76. The van der Waals surface area contributed by atoms with Gasteiger partial charge < -0.3 is 19.7 Å². The Morgan fingerprint density at radius 1 is 1.11 bits per heavy atom. The molecule has 0 aromatic heterocycles. The number of methoxy groups -OCH3 is 1. The predicted molar refractivity (Wildman–Crippen MR) is 123 cm³/mol. The zero-order valence-electron chi connectivity index (χ0n) is 16.3. The Bertz CT molecular complexity index is 739. The second kappa shape index (κ2) is 12.8. The molecule has 1 amide bonds. The number of rotatable bonds is 7. The van der Waals surface area contributed by atoms with Crippen molar-refractivity contribution in [3.8, 4) is 5.75 Å². The van der Waals surface area contributed by atoms with Crippen LogP contribution in [0.25, 0.3) is 0 Å². The lowest BCUT2D eigenvalue weighted by molar-refractivity contribution is 0.187.